The van der Waals surface area contributed by atoms with Crippen LogP contribution in [0.4, 0.5) is 13.2 Å². The van der Waals surface area contributed by atoms with E-state index in [1.807, 2.05) is 0 Å². The maximum Gasteiger partial charge on any atom is 0.420 e. The van der Waals surface area contributed by atoms with Crippen LogP contribution in [-0.4, -0.2) is 11.9 Å². The van der Waals surface area contributed by atoms with Crippen LogP contribution in [-0.2, 0) is 15.8 Å². The molecule has 1 heterocycles. The number of hydrogen-bond acceptors (Lipinski definition) is 5. The van der Waals surface area contributed by atoms with Crippen LogP contribution in [0.15, 0.2) is 84.3 Å². The highest BCUT2D eigenvalue weighted by Crippen LogP contribution is 2.39. The lowest BCUT2D eigenvalue weighted by atomic mass is 10.1. The van der Waals surface area contributed by atoms with Gasteiger partial charge in [-0.05, 0) is 54.1 Å². The van der Waals surface area contributed by atoms with E-state index in [0.29, 0.717) is 11.5 Å². The normalized spacial score (nSPS) is 11.2. The van der Waals surface area contributed by atoms with Crippen LogP contribution >= 0.6 is 0 Å². The minimum absolute atomic E-state index is 0.161. The molecule has 0 aliphatic heterocycles. The minimum atomic E-state index is -4.74. The second-order valence-corrected chi connectivity index (χ2v) is 6.56. The van der Waals surface area contributed by atoms with E-state index in [4.69, 9.17) is 9.15 Å². The summed E-state index contributed by atoms with van der Waals surface area (Å²) in [6.45, 7) is 6.50. The zero-order valence-corrected chi connectivity index (χ0v) is 17.1. The van der Waals surface area contributed by atoms with Crippen molar-refractivity contribution in [3.63, 3.8) is 0 Å². The quantitative estimate of drug-likeness (QED) is 0.238. The summed E-state index contributed by atoms with van der Waals surface area (Å²) < 4.78 is 55.6. The molecule has 0 saturated carbocycles. The Morgan fingerprint density at radius 2 is 1.52 bits per heavy atom. The van der Waals surface area contributed by atoms with Crippen LogP contribution < -0.4 is 9.47 Å². The number of esters is 2. The summed E-state index contributed by atoms with van der Waals surface area (Å²) in [5, 5.41) is 0. The average Bonchev–Trinajstić information content (AvgIpc) is 3.27. The third-order valence-corrected chi connectivity index (χ3v) is 4.28. The molecule has 0 fully saturated rings. The molecule has 0 atom stereocenters. The van der Waals surface area contributed by atoms with Crippen LogP contribution in [0.3, 0.4) is 0 Å². The molecule has 0 unspecified atom stereocenters. The largest absolute Gasteiger partial charge is 0.457 e. The van der Waals surface area contributed by atoms with E-state index in [9.17, 15) is 22.8 Å². The lowest BCUT2D eigenvalue weighted by molar-refractivity contribution is -0.140. The van der Waals surface area contributed by atoms with Crippen molar-refractivity contribution in [2.45, 2.75) is 6.18 Å². The maximum atomic E-state index is 13.4. The molecule has 33 heavy (non-hydrogen) atoms. The van der Waals surface area contributed by atoms with Gasteiger partial charge >= 0.3 is 18.1 Å². The number of benzene rings is 2. The highest BCUT2D eigenvalue weighted by atomic mass is 19.4. The van der Waals surface area contributed by atoms with E-state index in [-0.39, 0.29) is 11.3 Å². The first-order valence-corrected chi connectivity index (χ1v) is 9.47. The highest BCUT2D eigenvalue weighted by Gasteiger charge is 2.35. The third kappa shape index (κ3) is 6.10. The molecule has 5 nitrogen and oxygen atoms in total. The van der Waals surface area contributed by atoms with Crippen LogP contribution in [0.5, 0.6) is 11.5 Å². The Bertz CT molecular complexity index is 1220. The minimum Gasteiger partial charge on any atom is -0.457 e. The van der Waals surface area contributed by atoms with Crippen molar-refractivity contribution in [3.8, 4) is 22.8 Å². The SMILES string of the molecule is C=CC(=O)Oc1ccc(/C=C/c2ccc(-c3ccc(OC(=O)C=C)c(C(F)(F)F)c3)o2)cc1. The predicted molar refractivity (Wildman–Crippen MR) is 116 cm³/mol. The van der Waals surface area contributed by atoms with E-state index in [0.717, 1.165) is 29.8 Å². The molecule has 0 saturated heterocycles. The van der Waals surface area contributed by atoms with Gasteiger partial charge in [0.05, 0.1) is 5.56 Å². The van der Waals surface area contributed by atoms with Crippen molar-refractivity contribution >= 4 is 24.1 Å². The molecule has 168 valence electrons. The maximum absolute atomic E-state index is 13.4. The Balaban J connectivity index is 1.79. The van der Waals surface area contributed by atoms with Crippen LogP contribution in [0.2, 0.25) is 0 Å². The fourth-order valence-corrected chi connectivity index (χ4v) is 2.72. The molecular formula is C25H17F3O5. The van der Waals surface area contributed by atoms with E-state index in [1.54, 1.807) is 42.5 Å². The van der Waals surface area contributed by atoms with E-state index >= 15 is 0 Å². The molecule has 0 N–H and O–H groups in total. The van der Waals surface area contributed by atoms with Crippen molar-refractivity contribution in [2.24, 2.45) is 0 Å². The van der Waals surface area contributed by atoms with Crippen LogP contribution in [0.1, 0.15) is 16.9 Å². The topological polar surface area (TPSA) is 65.7 Å². The van der Waals surface area contributed by atoms with E-state index in [1.165, 1.54) is 12.1 Å². The van der Waals surface area contributed by atoms with Gasteiger partial charge in [0.15, 0.2) is 0 Å². The van der Waals surface area contributed by atoms with E-state index in [2.05, 4.69) is 17.9 Å². The zero-order chi connectivity index (χ0) is 24.0. The van der Waals surface area contributed by atoms with Crippen molar-refractivity contribution < 1.29 is 36.7 Å². The van der Waals surface area contributed by atoms with Crippen molar-refractivity contribution in [1.29, 1.82) is 0 Å². The Labute approximate surface area is 187 Å². The van der Waals surface area contributed by atoms with Crippen LogP contribution in [0, 0.1) is 0 Å². The van der Waals surface area contributed by atoms with Gasteiger partial charge in [0.1, 0.15) is 23.0 Å². The molecule has 0 aliphatic carbocycles. The van der Waals surface area contributed by atoms with Crippen molar-refractivity contribution in [2.75, 3.05) is 0 Å². The van der Waals surface area contributed by atoms with Gasteiger partial charge < -0.3 is 13.9 Å². The first-order valence-electron chi connectivity index (χ1n) is 9.47. The number of carbonyl (C=O) groups is 2. The first-order chi connectivity index (χ1) is 15.7. The molecule has 2 aromatic carbocycles. The van der Waals surface area contributed by atoms with Gasteiger partial charge in [0.25, 0.3) is 0 Å². The zero-order valence-electron chi connectivity index (χ0n) is 17.1. The molecule has 3 rings (SSSR count). The molecule has 0 aliphatic rings. The summed E-state index contributed by atoms with van der Waals surface area (Å²) >= 11 is 0. The molecule has 1 aromatic heterocycles. The lowest BCUT2D eigenvalue weighted by Gasteiger charge is -2.13. The number of rotatable bonds is 7. The number of hydrogen-bond donors (Lipinski definition) is 0. The van der Waals surface area contributed by atoms with Gasteiger partial charge in [-0.1, -0.05) is 31.4 Å². The number of alkyl halides is 3. The number of furan rings is 1. The smallest absolute Gasteiger partial charge is 0.420 e. The fraction of sp³-hybridized carbons (Fsp3) is 0.0400. The molecule has 0 spiro atoms. The Morgan fingerprint density at radius 1 is 0.848 bits per heavy atom. The number of ether oxygens (including phenoxy) is 2. The standard InChI is InChI=1S/C25H17F3O5/c1-3-23(29)32-19-10-6-16(7-11-19)5-9-18-12-14-21(31-18)17-8-13-22(33-24(30)4-2)20(15-17)25(26,27)28/h3-15H,1-2H2/b9-5+. The third-order valence-electron chi connectivity index (χ3n) is 4.28. The summed E-state index contributed by atoms with van der Waals surface area (Å²) in [6, 6.07) is 13.0. The van der Waals surface area contributed by atoms with Gasteiger partial charge in [-0.25, -0.2) is 9.59 Å². The molecule has 3 aromatic rings. The Morgan fingerprint density at radius 3 is 2.15 bits per heavy atom. The monoisotopic (exact) mass is 454 g/mol. The van der Waals surface area contributed by atoms with Crippen LogP contribution in [0.25, 0.3) is 23.5 Å². The number of halogens is 3. The summed E-state index contributed by atoms with van der Waals surface area (Å²) in [7, 11) is 0. The average molecular weight is 454 g/mol. The van der Waals surface area contributed by atoms with Gasteiger partial charge in [0, 0.05) is 17.7 Å². The molecular weight excluding hydrogens is 437 g/mol. The van der Waals surface area contributed by atoms with Gasteiger partial charge in [-0.15, -0.1) is 0 Å². The van der Waals surface area contributed by atoms with Gasteiger partial charge in [0.2, 0.25) is 0 Å². The van der Waals surface area contributed by atoms with Gasteiger partial charge in [-0.3, -0.25) is 0 Å². The Kier molecular flexibility index (Phi) is 6.97. The summed E-state index contributed by atoms with van der Waals surface area (Å²) in [5.41, 5.74) is -0.172. The molecule has 0 bridgehead atoms. The van der Waals surface area contributed by atoms with Crippen molar-refractivity contribution in [3.05, 3.63) is 96.8 Å². The Hall–Kier alpha value is -4.33. The highest BCUT2D eigenvalue weighted by molar-refractivity contribution is 5.84. The lowest BCUT2D eigenvalue weighted by Crippen LogP contribution is -2.11. The summed E-state index contributed by atoms with van der Waals surface area (Å²) in [4.78, 5) is 22.5. The summed E-state index contributed by atoms with van der Waals surface area (Å²) in [6.07, 6.45) is 0.454. The predicted octanol–water partition coefficient (Wildman–Crippen LogP) is 6.32. The van der Waals surface area contributed by atoms with E-state index < -0.39 is 29.4 Å². The van der Waals surface area contributed by atoms with Gasteiger partial charge in [-0.2, -0.15) is 13.2 Å². The molecule has 0 amide bonds. The summed E-state index contributed by atoms with van der Waals surface area (Å²) in [5.74, 6) is -1.21. The molecule has 8 heteroatoms. The second-order valence-electron chi connectivity index (χ2n) is 6.56. The number of carbonyl (C=O) groups excluding carboxylic acids is 2. The second kappa shape index (κ2) is 9.86. The first kappa shape index (κ1) is 23.3. The van der Waals surface area contributed by atoms with Crippen molar-refractivity contribution in [1.82, 2.24) is 0 Å². The molecule has 0 radical (unpaired) electrons. The fourth-order valence-electron chi connectivity index (χ4n) is 2.72.